The molecule has 1 N–H and O–H groups in total. The van der Waals surface area contributed by atoms with E-state index in [1.165, 1.54) is 18.4 Å². The van der Waals surface area contributed by atoms with Crippen molar-refractivity contribution < 1.29 is 4.79 Å². The number of likely N-dealkylation sites (tertiary alicyclic amines) is 1. The van der Waals surface area contributed by atoms with Crippen LogP contribution in [-0.4, -0.2) is 43.0 Å². The summed E-state index contributed by atoms with van der Waals surface area (Å²) in [4.78, 5) is 21.2. The molecule has 1 amide bonds. The standard InChI is InChI=1S/C20H26N4O/c1-23(2)19-13-16(8-9-21-19)14-22-20(25)18-7-5-6-17(12-18)15-24-10-3-4-11-24/h5-9,12-13H,3-4,10-11,14-15H2,1-2H3,(H,22,25). The molecule has 132 valence electrons. The Morgan fingerprint density at radius 2 is 1.96 bits per heavy atom. The van der Waals surface area contributed by atoms with Crippen molar-refractivity contribution in [3.05, 3.63) is 59.3 Å². The summed E-state index contributed by atoms with van der Waals surface area (Å²) < 4.78 is 0. The van der Waals surface area contributed by atoms with Gasteiger partial charge >= 0.3 is 0 Å². The molecule has 25 heavy (non-hydrogen) atoms. The van der Waals surface area contributed by atoms with Crippen molar-refractivity contribution in [2.45, 2.75) is 25.9 Å². The molecular formula is C20H26N4O. The van der Waals surface area contributed by atoms with E-state index in [2.05, 4.69) is 21.3 Å². The molecule has 0 unspecified atom stereocenters. The van der Waals surface area contributed by atoms with Crippen LogP contribution in [0.1, 0.15) is 34.3 Å². The summed E-state index contributed by atoms with van der Waals surface area (Å²) in [6.07, 6.45) is 4.33. The van der Waals surface area contributed by atoms with Gasteiger partial charge in [0.15, 0.2) is 0 Å². The number of rotatable bonds is 6. The lowest BCUT2D eigenvalue weighted by Crippen LogP contribution is -2.24. The predicted octanol–water partition coefficient (Wildman–Crippen LogP) is 2.67. The summed E-state index contributed by atoms with van der Waals surface area (Å²) in [5.74, 6) is 0.853. The van der Waals surface area contributed by atoms with Crippen LogP contribution >= 0.6 is 0 Å². The zero-order valence-electron chi connectivity index (χ0n) is 15.0. The molecular weight excluding hydrogens is 312 g/mol. The van der Waals surface area contributed by atoms with E-state index in [0.29, 0.717) is 6.54 Å². The van der Waals surface area contributed by atoms with E-state index in [-0.39, 0.29) is 5.91 Å². The van der Waals surface area contributed by atoms with Crippen LogP contribution in [-0.2, 0) is 13.1 Å². The van der Waals surface area contributed by atoms with E-state index in [1.807, 2.05) is 49.3 Å². The van der Waals surface area contributed by atoms with Gasteiger partial charge in [0.2, 0.25) is 0 Å². The molecule has 0 aliphatic carbocycles. The predicted molar refractivity (Wildman–Crippen MR) is 101 cm³/mol. The monoisotopic (exact) mass is 338 g/mol. The Morgan fingerprint density at radius 1 is 1.16 bits per heavy atom. The number of pyridine rings is 1. The lowest BCUT2D eigenvalue weighted by atomic mass is 10.1. The smallest absolute Gasteiger partial charge is 0.251 e. The van der Waals surface area contributed by atoms with Crippen LogP contribution in [0.5, 0.6) is 0 Å². The van der Waals surface area contributed by atoms with Gasteiger partial charge in [-0.15, -0.1) is 0 Å². The summed E-state index contributed by atoms with van der Waals surface area (Å²) in [5.41, 5.74) is 2.97. The zero-order valence-corrected chi connectivity index (χ0v) is 15.0. The third-order valence-electron chi connectivity index (χ3n) is 4.52. The fourth-order valence-corrected chi connectivity index (χ4v) is 3.11. The Morgan fingerprint density at radius 3 is 2.72 bits per heavy atom. The van der Waals surface area contributed by atoms with Gasteiger partial charge in [0.05, 0.1) is 0 Å². The second kappa shape index (κ2) is 8.12. The quantitative estimate of drug-likeness (QED) is 0.880. The molecule has 0 atom stereocenters. The molecule has 2 aromatic rings. The molecule has 1 aliphatic heterocycles. The van der Waals surface area contributed by atoms with Crippen LogP contribution in [0.3, 0.4) is 0 Å². The van der Waals surface area contributed by atoms with Gasteiger partial charge in [0.25, 0.3) is 5.91 Å². The number of benzene rings is 1. The number of nitrogens with zero attached hydrogens (tertiary/aromatic N) is 3. The zero-order chi connectivity index (χ0) is 17.6. The first-order chi connectivity index (χ1) is 12.1. The van der Waals surface area contributed by atoms with Crippen LogP contribution in [0.2, 0.25) is 0 Å². The number of anilines is 1. The molecule has 0 saturated carbocycles. The number of carbonyl (C=O) groups excluding carboxylic acids is 1. The van der Waals surface area contributed by atoms with Crippen LogP contribution in [0.4, 0.5) is 5.82 Å². The van der Waals surface area contributed by atoms with Crippen molar-refractivity contribution in [1.82, 2.24) is 15.2 Å². The highest BCUT2D eigenvalue weighted by molar-refractivity contribution is 5.94. The van der Waals surface area contributed by atoms with Crippen molar-refractivity contribution >= 4 is 11.7 Å². The van der Waals surface area contributed by atoms with Gasteiger partial charge in [-0.3, -0.25) is 9.69 Å². The normalized spacial score (nSPS) is 14.5. The number of amides is 1. The Hall–Kier alpha value is -2.40. The van der Waals surface area contributed by atoms with E-state index in [4.69, 9.17) is 0 Å². The van der Waals surface area contributed by atoms with Crippen molar-refractivity contribution in [3.8, 4) is 0 Å². The molecule has 0 radical (unpaired) electrons. The molecule has 0 bridgehead atoms. The van der Waals surface area contributed by atoms with Crippen LogP contribution in [0.25, 0.3) is 0 Å². The fourth-order valence-electron chi connectivity index (χ4n) is 3.11. The van der Waals surface area contributed by atoms with E-state index < -0.39 is 0 Å². The van der Waals surface area contributed by atoms with E-state index in [1.54, 1.807) is 6.20 Å². The number of carbonyl (C=O) groups is 1. The molecule has 0 spiro atoms. The lowest BCUT2D eigenvalue weighted by molar-refractivity contribution is 0.0950. The van der Waals surface area contributed by atoms with Crippen molar-refractivity contribution in [1.29, 1.82) is 0 Å². The summed E-state index contributed by atoms with van der Waals surface area (Å²) >= 11 is 0. The molecule has 1 aromatic carbocycles. The number of hydrogen-bond donors (Lipinski definition) is 1. The van der Waals surface area contributed by atoms with Crippen LogP contribution in [0, 0.1) is 0 Å². The third kappa shape index (κ3) is 4.79. The van der Waals surface area contributed by atoms with Crippen molar-refractivity contribution in [3.63, 3.8) is 0 Å². The maximum absolute atomic E-state index is 12.5. The van der Waals surface area contributed by atoms with Gasteiger partial charge in [-0.25, -0.2) is 4.98 Å². The minimum absolute atomic E-state index is 0.0357. The Bertz CT molecular complexity index is 723. The minimum atomic E-state index is -0.0357. The number of aromatic nitrogens is 1. The van der Waals surface area contributed by atoms with E-state index >= 15 is 0 Å². The van der Waals surface area contributed by atoms with Gasteiger partial charge in [-0.1, -0.05) is 12.1 Å². The van der Waals surface area contributed by atoms with E-state index in [9.17, 15) is 4.79 Å². The Labute approximate surface area is 149 Å². The maximum atomic E-state index is 12.5. The first kappa shape index (κ1) is 17.4. The molecule has 1 aliphatic rings. The molecule has 3 rings (SSSR count). The highest BCUT2D eigenvalue weighted by atomic mass is 16.1. The van der Waals surface area contributed by atoms with Crippen LogP contribution in [0.15, 0.2) is 42.6 Å². The number of nitrogens with one attached hydrogen (secondary N) is 1. The average molecular weight is 338 g/mol. The number of hydrogen-bond acceptors (Lipinski definition) is 4. The Balaban J connectivity index is 1.60. The topological polar surface area (TPSA) is 48.5 Å². The van der Waals surface area contributed by atoms with Crippen molar-refractivity contribution in [2.75, 3.05) is 32.1 Å². The van der Waals surface area contributed by atoms with Gasteiger partial charge in [-0.05, 0) is 61.3 Å². The largest absolute Gasteiger partial charge is 0.363 e. The maximum Gasteiger partial charge on any atom is 0.251 e. The second-order valence-electron chi connectivity index (χ2n) is 6.78. The van der Waals surface area contributed by atoms with Gasteiger partial charge < -0.3 is 10.2 Å². The Kier molecular flexibility index (Phi) is 5.66. The van der Waals surface area contributed by atoms with Gasteiger partial charge in [-0.2, -0.15) is 0 Å². The van der Waals surface area contributed by atoms with Gasteiger partial charge in [0, 0.05) is 38.9 Å². The first-order valence-corrected chi connectivity index (χ1v) is 8.83. The van der Waals surface area contributed by atoms with E-state index in [0.717, 1.165) is 36.6 Å². The van der Waals surface area contributed by atoms with Gasteiger partial charge in [0.1, 0.15) is 5.82 Å². The lowest BCUT2D eigenvalue weighted by Gasteiger charge is -2.15. The molecule has 1 saturated heterocycles. The summed E-state index contributed by atoms with van der Waals surface area (Å²) in [6, 6.07) is 11.9. The molecule has 1 aromatic heterocycles. The first-order valence-electron chi connectivity index (χ1n) is 8.83. The summed E-state index contributed by atoms with van der Waals surface area (Å²) in [5, 5.41) is 3.00. The average Bonchev–Trinajstić information content (AvgIpc) is 3.13. The second-order valence-corrected chi connectivity index (χ2v) is 6.78. The highest BCUT2D eigenvalue weighted by Gasteiger charge is 2.13. The van der Waals surface area contributed by atoms with Crippen molar-refractivity contribution in [2.24, 2.45) is 0 Å². The minimum Gasteiger partial charge on any atom is -0.363 e. The molecule has 5 nitrogen and oxygen atoms in total. The third-order valence-corrected chi connectivity index (χ3v) is 4.52. The SMILES string of the molecule is CN(C)c1cc(CNC(=O)c2cccc(CN3CCCC3)c2)ccn1. The molecule has 5 heteroatoms. The summed E-state index contributed by atoms with van der Waals surface area (Å²) in [7, 11) is 3.91. The fraction of sp³-hybridized carbons (Fsp3) is 0.400. The molecule has 1 fully saturated rings. The van der Waals surface area contributed by atoms with Crippen LogP contribution < -0.4 is 10.2 Å². The summed E-state index contributed by atoms with van der Waals surface area (Å²) in [6.45, 7) is 3.75. The molecule has 2 heterocycles. The highest BCUT2D eigenvalue weighted by Crippen LogP contribution is 2.14.